The molecule has 0 radical (unpaired) electrons. The molecule has 0 aliphatic heterocycles. The van der Waals surface area contributed by atoms with Crippen LogP contribution in [0.1, 0.15) is 161 Å². The van der Waals surface area contributed by atoms with Crippen molar-refractivity contribution in [1.82, 2.24) is 0 Å². The average molecular weight is 871 g/mol. The van der Waals surface area contributed by atoms with Gasteiger partial charge in [0.25, 0.3) is 0 Å². The third-order valence-electron chi connectivity index (χ3n) is 9.23. The minimum atomic E-state index is -1.35. The molecule has 19 nitrogen and oxygen atoms in total. The van der Waals surface area contributed by atoms with Crippen molar-refractivity contribution in [3.8, 4) is 0 Å². The van der Waals surface area contributed by atoms with Crippen LogP contribution in [0.5, 0.6) is 0 Å². The Kier molecular flexibility index (Phi) is 25.5. The number of hydrogen-bond donors (Lipinski definition) is 0. The second-order valence-corrected chi connectivity index (χ2v) is 17.4. The normalized spacial score (nSPS) is 12.5. The first-order chi connectivity index (χ1) is 27.9. The second-order valence-electron chi connectivity index (χ2n) is 17.4. The van der Waals surface area contributed by atoms with Gasteiger partial charge in [-0.2, -0.15) is 19.6 Å². The van der Waals surface area contributed by atoms with E-state index < -0.39 is 104 Å². The van der Waals surface area contributed by atoms with E-state index >= 15 is 0 Å². The van der Waals surface area contributed by atoms with E-state index in [0.29, 0.717) is 25.7 Å². The van der Waals surface area contributed by atoms with Gasteiger partial charge < -0.3 is 28.4 Å². The molecule has 0 rings (SSSR count). The molecule has 0 bridgehead atoms. The van der Waals surface area contributed by atoms with Gasteiger partial charge in [0.05, 0.1) is 10.8 Å². The fourth-order valence-corrected chi connectivity index (χ4v) is 5.43. The van der Waals surface area contributed by atoms with Gasteiger partial charge in [0.15, 0.2) is 0 Å². The first-order valence-corrected chi connectivity index (χ1v) is 20.8. The molecule has 0 unspecified atom stereocenters. The van der Waals surface area contributed by atoms with Crippen LogP contribution in [0.4, 0.5) is 24.0 Å². The molecule has 0 aromatic rings. The third-order valence-corrected chi connectivity index (χ3v) is 9.23. The highest BCUT2D eigenvalue weighted by Crippen LogP contribution is 2.29. The summed E-state index contributed by atoms with van der Waals surface area (Å²) < 4.78 is 32.1. The molecule has 352 valence electrons. The Bertz CT molecular complexity index is 1110. The Morgan fingerprint density at radius 2 is 0.500 bits per heavy atom. The molecule has 60 heavy (non-hydrogen) atoms. The van der Waals surface area contributed by atoms with Crippen molar-refractivity contribution in [3.05, 3.63) is 0 Å². The lowest BCUT2D eigenvalue weighted by molar-refractivity contribution is -0.322. The second kappa shape index (κ2) is 27.2. The Labute approximate surface area is 355 Å². The van der Waals surface area contributed by atoms with Gasteiger partial charge >= 0.3 is 30.8 Å². The van der Waals surface area contributed by atoms with Crippen LogP contribution in [0.3, 0.4) is 0 Å². The van der Waals surface area contributed by atoms with Crippen LogP contribution in [0.25, 0.3) is 0 Å². The van der Waals surface area contributed by atoms with Crippen molar-refractivity contribution in [2.24, 2.45) is 10.8 Å². The Balaban J connectivity index is 6.03. The first kappa shape index (κ1) is 56.2. The van der Waals surface area contributed by atoms with E-state index in [-0.39, 0.29) is 12.8 Å². The predicted molar refractivity (Wildman–Crippen MR) is 213 cm³/mol. The maximum Gasteiger partial charge on any atom is 0.540 e. The van der Waals surface area contributed by atoms with Crippen molar-refractivity contribution < 1.29 is 91.5 Å². The number of rotatable bonds is 30. The molecule has 0 N–H and O–H groups in total. The zero-order valence-corrected chi connectivity index (χ0v) is 38.6. The quantitative estimate of drug-likeness (QED) is 0.0284. The summed E-state index contributed by atoms with van der Waals surface area (Å²) >= 11 is 0. The van der Waals surface area contributed by atoms with Gasteiger partial charge in [-0.05, 0) is 93.9 Å². The van der Waals surface area contributed by atoms with Crippen molar-refractivity contribution in [1.29, 1.82) is 0 Å². The molecule has 0 saturated heterocycles. The third kappa shape index (κ3) is 25.1. The number of carbonyl (C=O) groups is 5. The van der Waals surface area contributed by atoms with E-state index in [0.717, 1.165) is 25.7 Å². The minimum absolute atomic E-state index is 0.129. The maximum absolute atomic E-state index is 13.2. The van der Waals surface area contributed by atoms with Crippen LogP contribution in [-0.4, -0.2) is 92.8 Å². The van der Waals surface area contributed by atoms with Gasteiger partial charge in [-0.3, -0.25) is 19.6 Å². The molecule has 0 aromatic carbocycles. The Morgan fingerprint density at radius 1 is 0.317 bits per heavy atom. The van der Waals surface area contributed by atoms with Crippen LogP contribution in [0.2, 0.25) is 0 Å². The maximum atomic E-state index is 13.2. The molecule has 0 saturated carbocycles. The van der Waals surface area contributed by atoms with E-state index in [9.17, 15) is 24.0 Å². The lowest BCUT2D eigenvalue weighted by atomic mass is 9.88. The van der Waals surface area contributed by atoms with Gasteiger partial charge in [0.1, 0.15) is 62.0 Å². The van der Waals surface area contributed by atoms with E-state index in [4.69, 9.17) is 67.5 Å². The Morgan fingerprint density at radius 3 is 0.667 bits per heavy atom. The van der Waals surface area contributed by atoms with Crippen LogP contribution in [0.15, 0.2) is 0 Å². The SMILES string of the molecule is CCCC(C)(C)OOC(=O)OCC(CC)(COC(=O)OCC(CC)(COC(=O)OOC(C)(C)CCC)COC(=O)OOC(C)(C)CCC)COC(=O)OOC(C)(C)CCC. The molecule has 0 atom stereocenters. The highest BCUT2D eigenvalue weighted by molar-refractivity contribution is 5.61. The van der Waals surface area contributed by atoms with Crippen LogP contribution in [0, 0.1) is 10.8 Å². The van der Waals surface area contributed by atoms with Crippen molar-refractivity contribution in [3.63, 3.8) is 0 Å². The van der Waals surface area contributed by atoms with Crippen LogP contribution < -0.4 is 0 Å². The van der Waals surface area contributed by atoms with Crippen molar-refractivity contribution in [2.45, 2.75) is 184 Å². The molecule has 0 aliphatic carbocycles. The fourth-order valence-electron chi connectivity index (χ4n) is 5.43. The zero-order chi connectivity index (χ0) is 46.1. The first-order valence-electron chi connectivity index (χ1n) is 20.8. The summed E-state index contributed by atoms with van der Waals surface area (Å²) in [6.45, 7) is 22.1. The number of hydrogen-bond acceptors (Lipinski definition) is 19. The van der Waals surface area contributed by atoms with E-state index in [1.165, 1.54) is 0 Å². The van der Waals surface area contributed by atoms with Gasteiger partial charge in [0, 0.05) is 0 Å². The number of ether oxygens (including phenoxy) is 6. The molecular formula is C41H74O19. The summed E-state index contributed by atoms with van der Waals surface area (Å²) in [4.78, 5) is 104. The highest BCUT2D eigenvalue weighted by Gasteiger charge is 2.39. The molecule has 0 aliphatic rings. The fraction of sp³-hybridized carbons (Fsp3) is 0.878. The molecular weight excluding hydrogens is 796 g/mol. The molecule has 0 aromatic heterocycles. The molecule has 0 amide bonds. The zero-order valence-electron chi connectivity index (χ0n) is 38.6. The van der Waals surface area contributed by atoms with E-state index in [2.05, 4.69) is 0 Å². The van der Waals surface area contributed by atoms with Crippen molar-refractivity contribution >= 4 is 30.8 Å². The number of carbonyl (C=O) groups excluding carboxylic acids is 5. The Hall–Kier alpha value is -3.81. The van der Waals surface area contributed by atoms with Gasteiger partial charge in [-0.1, -0.05) is 67.2 Å². The van der Waals surface area contributed by atoms with Crippen molar-refractivity contribution in [2.75, 3.05) is 39.6 Å². The smallest absolute Gasteiger partial charge is 0.433 e. The van der Waals surface area contributed by atoms with Gasteiger partial charge in [-0.25, -0.2) is 24.0 Å². The largest absolute Gasteiger partial charge is 0.540 e. The lowest BCUT2D eigenvalue weighted by Gasteiger charge is -2.32. The van der Waals surface area contributed by atoms with E-state index in [1.54, 1.807) is 69.2 Å². The van der Waals surface area contributed by atoms with Crippen LogP contribution >= 0.6 is 0 Å². The molecule has 0 fully saturated rings. The molecule has 0 spiro atoms. The van der Waals surface area contributed by atoms with Crippen LogP contribution in [-0.2, 0) is 67.5 Å². The molecule has 19 heteroatoms. The van der Waals surface area contributed by atoms with E-state index in [1.807, 2.05) is 27.7 Å². The highest BCUT2D eigenvalue weighted by atomic mass is 17.3. The van der Waals surface area contributed by atoms with Gasteiger partial charge in [-0.15, -0.1) is 0 Å². The monoisotopic (exact) mass is 870 g/mol. The minimum Gasteiger partial charge on any atom is -0.433 e. The predicted octanol–water partition coefficient (Wildman–Crippen LogP) is 10.6. The lowest BCUT2D eigenvalue weighted by Crippen LogP contribution is -2.41. The molecule has 0 heterocycles. The summed E-state index contributed by atoms with van der Waals surface area (Å²) in [7, 11) is 0. The summed E-state index contributed by atoms with van der Waals surface area (Å²) in [5.41, 5.74) is -5.86. The summed E-state index contributed by atoms with van der Waals surface area (Å²) in [6.07, 6.45) is -0.280. The standard InChI is InChI=1S/C41H74O19/c1-15-21-36(7,8)57-53-32(43)49-27-40(19-5,28-50-33(44)54-58-37(9,10)22-16-2)25-47-31(42)48-26-41(20-6,29-51-34(45)55-59-38(11,12)23-17-3)30-52-35(46)56-60-39(13,14)24-18-4/h15-30H2,1-14H3. The summed E-state index contributed by atoms with van der Waals surface area (Å²) in [5.74, 6) is 0. The average Bonchev–Trinajstić information content (AvgIpc) is 3.17. The summed E-state index contributed by atoms with van der Waals surface area (Å²) in [6, 6.07) is 0. The topological polar surface area (TPSA) is 215 Å². The van der Waals surface area contributed by atoms with Gasteiger partial charge in [0.2, 0.25) is 0 Å². The summed E-state index contributed by atoms with van der Waals surface area (Å²) in [5, 5.41) is 0.